The third-order valence-corrected chi connectivity index (χ3v) is 6.77. The average Bonchev–Trinajstić information content (AvgIpc) is 3.37. The van der Waals surface area contributed by atoms with Crippen molar-refractivity contribution in [2.45, 2.75) is 6.92 Å². The molecule has 186 valence electrons. The van der Waals surface area contributed by atoms with Crippen LogP contribution >= 0.6 is 11.3 Å². The zero-order valence-corrected chi connectivity index (χ0v) is 20.8. The third kappa shape index (κ3) is 4.59. The van der Waals surface area contributed by atoms with Crippen LogP contribution < -0.4 is 19.7 Å². The molecule has 0 saturated carbocycles. The van der Waals surface area contributed by atoms with E-state index in [4.69, 9.17) is 9.47 Å². The second-order valence-electron chi connectivity index (χ2n) is 8.13. The van der Waals surface area contributed by atoms with Gasteiger partial charge in [0.1, 0.15) is 27.5 Å². The van der Waals surface area contributed by atoms with Crippen LogP contribution in [-0.2, 0) is 4.79 Å². The average molecular weight is 510 g/mol. The van der Waals surface area contributed by atoms with Crippen LogP contribution in [0, 0.1) is 5.82 Å². The number of benzene rings is 1. The minimum Gasteiger partial charge on any atom is -0.494 e. The Morgan fingerprint density at radius 1 is 1.03 bits per heavy atom. The Hall–Kier alpha value is -4.06. The smallest absolute Gasteiger partial charge is 0.228 e. The van der Waals surface area contributed by atoms with Crippen molar-refractivity contribution in [2.24, 2.45) is 0 Å². The van der Waals surface area contributed by atoms with Gasteiger partial charge in [-0.25, -0.2) is 24.3 Å². The molecule has 0 radical (unpaired) electrons. The summed E-state index contributed by atoms with van der Waals surface area (Å²) in [5.74, 6) is 0.851. The van der Waals surface area contributed by atoms with E-state index in [0.29, 0.717) is 54.4 Å². The van der Waals surface area contributed by atoms with Gasteiger partial charge in [-0.3, -0.25) is 4.79 Å². The Labute approximate surface area is 210 Å². The Bertz CT molecular complexity index is 1420. The normalized spacial score (nSPS) is 13.7. The molecule has 3 aromatic heterocycles. The van der Waals surface area contributed by atoms with Crippen LogP contribution in [0.15, 0.2) is 36.1 Å². The Morgan fingerprint density at radius 3 is 2.53 bits per heavy atom. The highest BCUT2D eigenvalue weighted by molar-refractivity contribution is 7.16. The molecule has 1 saturated heterocycles. The molecule has 1 aliphatic heterocycles. The maximum Gasteiger partial charge on any atom is 0.228 e. The summed E-state index contributed by atoms with van der Waals surface area (Å²) in [5.41, 5.74) is 4.40. The van der Waals surface area contributed by atoms with Gasteiger partial charge in [0.25, 0.3) is 0 Å². The molecule has 0 aliphatic carbocycles. The van der Waals surface area contributed by atoms with E-state index in [2.05, 4.69) is 30.2 Å². The number of hydrogen-bond donors (Lipinski definition) is 1. The molecule has 1 aromatic carbocycles. The predicted octanol–water partition coefficient (Wildman–Crippen LogP) is 3.72. The molecule has 0 spiro atoms. The van der Waals surface area contributed by atoms with E-state index in [1.54, 1.807) is 45.0 Å². The number of amides is 1. The van der Waals surface area contributed by atoms with Gasteiger partial charge in [0.2, 0.25) is 11.9 Å². The number of anilines is 3. The summed E-state index contributed by atoms with van der Waals surface area (Å²) < 4.78 is 25.9. The molecular formula is C24H24FN7O3S. The summed E-state index contributed by atoms with van der Waals surface area (Å²) in [6.07, 6.45) is 2.68. The number of hydrogen-bond acceptors (Lipinski definition) is 10. The van der Waals surface area contributed by atoms with Crippen LogP contribution in [0.4, 0.5) is 21.7 Å². The molecule has 1 amide bonds. The second kappa shape index (κ2) is 9.90. The molecule has 36 heavy (non-hydrogen) atoms. The molecule has 1 fully saturated rings. The highest BCUT2D eigenvalue weighted by Gasteiger charge is 2.23. The van der Waals surface area contributed by atoms with Gasteiger partial charge in [0.15, 0.2) is 5.82 Å². The molecule has 1 N–H and O–H groups in total. The SMILES string of the molecule is COc1cc(N2CCN(C(C)=O)CC2)c(OC)cc1Nc1ncc(F)c(-c2cnc3scnc3c2)n1. The number of nitrogens with one attached hydrogen (secondary N) is 1. The lowest BCUT2D eigenvalue weighted by molar-refractivity contribution is -0.129. The largest absolute Gasteiger partial charge is 0.494 e. The van der Waals surface area contributed by atoms with Gasteiger partial charge < -0.3 is 24.6 Å². The molecule has 10 nitrogen and oxygen atoms in total. The number of pyridine rings is 1. The van der Waals surface area contributed by atoms with Crippen LogP contribution in [0.2, 0.25) is 0 Å². The minimum atomic E-state index is -0.568. The van der Waals surface area contributed by atoms with E-state index >= 15 is 0 Å². The fraction of sp³-hybridized carbons (Fsp3) is 0.292. The molecule has 0 bridgehead atoms. The number of rotatable bonds is 6. The third-order valence-electron chi connectivity index (χ3n) is 6.02. The molecule has 4 heterocycles. The lowest BCUT2D eigenvalue weighted by atomic mass is 10.2. The maximum atomic E-state index is 14.6. The summed E-state index contributed by atoms with van der Waals surface area (Å²) in [6, 6.07) is 5.41. The van der Waals surface area contributed by atoms with Crippen molar-refractivity contribution < 1.29 is 18.7 Å². The topological polar surface area (TPSA) is 106 Å². The summed E-state index contributed by atoms with van der Waals surface area (Å²) in [4.78, 5) is 33.5. The van der Waals surface area contributed by atoms with Crippen molar-refractivity contribution in [1.82, 2.24) is 24.8 Å². The number of thiazole rings is 1. The Balaban J connectivity index is 1.44. The predicted molar refractivity (Wildman–Crippen MR) is 136 cm³/mol. The van der Waals surface area contributed by atoms with Gasteiger partial charge in [0.05, 0.1) is 37.3 Å². The first-order valence-corrected chi connectivity index (χ1v) is 12.1. The summed E-state index contributed by atoms with van der Waals surface area (Å²) in [7, 11) is 3.16. The summed E-state index contributed by atoms with van der Waals surface area (Å²) in [6.45, 7) is 4.20. The standard InChI is InChI=1S/C24H24FN7O3S/c1-14(33)31-4-6-32(7-5-31)19-10-20(34-2)17(9-21(19)35-3)29-24-27-12-16(25)22(30-24)15-8-18-23(26-11-15)36-13-28-18/h8-13H,4-7H2,1-3H3,(H,27,29,30). The number of fused-ring (bicyclic) bond motifs is 1. The number of carbonyl (C=O) groups excluding carboxylic acids is 1. The van der Waals surface area contributed by atoms with Crippen LogP contribution in [-0.4, -0.2) is 71.1 Å². The van der Waals surface area contributed by atoms with E-state index in [1.807, 2.05) is 11.0 Å². The zero-order chi connectivity index (χ0) is 25.2. The number of ether oxygens (including phenoxy) is 2. The molecular weight excluding hydrogens is 485 g/mol. The van der Waals surface area contributed by atoms with Gasteiger partial charge in [-0.1, -0.05) is 0 Å². The number of aromatic nitrogens is 4. The van der Waals surface area contributed by atoms with Crippen molar-refractivity contribution in [1.29, 1.82) is 0 Å². The number of halogens is 1. The maximum absolute atomic E-state index is 14.6. The van der Waals surface area contributed by atoms with Crippen LogP contribution in [0.25, 0.3) is 21.6 Å². The first-order valence-electron chi connectivity index (χ1n) is 11.2. The Morgan fingerprint density at radius 2 is 1.81 bits per heavy atom. The molecule has 12 heteroatoms. The van der Waals surface area contributed by atoms with Gasteiger partial charge in [-0.05, 0) is 6.07 Å². The second-order valence-corrected chi connectivity index (χ2v) is 8.97. The number of nitrogens with zero attached hydrogens (tertiary/aromatic N) is 6. The van der Waals surface area contributed by atoms with Crippen LogP contribution in [0.3, 0.4) is 0 Å². The molecule has 0 unspecified atom stereocenters. The van der Waals surface area contributed by atoms with Crippen molar-refractivity contribution in [3.8, 4) is 22.8 Å². The molecule has 5 rings (SSSR count). The Kier molecular flexibility index (Phi) is 6.51. The van der Waals surface area contributed by atoms with Crippen molar-refractivity contribution in [3.63, 3.8) is 0 Å². The van der Waals surface area contributed by atoms with Crippen molar-refractivity contribution in [2.75, 3.05) is 50.6 Å². The van der Waals surface area contributed by atoms with Crippen LogP contribution in [0.5, 0.6) is 11.5 Å². The van der Waals surface area contributed by atoms with Gasteiger partial charge >= 0.3 is 0 Å². The fourth-order valence-electron chi connectivity index (χ4n) is 4.13. The monoisotopic (exact) mass is 509 g/mol. The van der Waals surface area contributed by atoms with Gasteiger partial charge in [0, 0.05) is 57.0 Å². The molecule has 1 aliphatic rings. The van der Waals surface area contributed by atoms with E-state index in [9.17, 15) is 9.18 Å². The summed E-state index contributed by atoms with van der Waals surface area (Å²) in [5, 5.41) is 3.12. The van der Waals surface area contributed by atoms with Crippen LogP contribution in [0.1, 0.15) is 6.92 Å². The molecule has 4 aromatic rings. The summed E-state index contributed by atoms with van der Waals surface area (Å²) >= 11 is 1.41. The zero-order valence-electron chi connectivity index (χ0n) is 20.0. The highest BCUT2D eigenvalue weighted by Crippen LogP contribution is 2.40. The van der Waals surface area contributed by atoms with E-state index in [1.165, 1.54) is 11.3 Å². The highest BCUT2D eigenvalue weighted by atomic mass is 32.1. The lowest BCUT2D eigenvalue weighted by Gasteiger charge is -2.36. The number of piperazine rings is 1. The first kappa shape index (κ1) is 23.7. The van der Waals surface area contributed by atoms with E-state index in [0.717, 1.165) is 16.7 Å². The van der Waals surface area contributed by atoms with Gasteiger partial charge in [-0.15, -0.1) is 11.3 Å². The first-order chi connectivity index (χ1) is 17.5. The lowest BCUT2D eigenvalue weighted by Crippen LogP contribution is -2.48. The van der Waals surface area contributed by atoms with Crippen molar-refractivity contribution >= 4 is 44.9 Å². The van der Waals surface area contributed by atoms with E-state index < -0.39 is 5.82 Å². The van der Waals surface area contributed by atoms with Crippen molar-refractivity contribution in [3.05, 3.63) is 41.9 Å². The van der Waals surface area contributed by atoms with Gasteiger partial charge in [-0.2, -0.15) is 0 Å². The minimum absolute atomic E-state index is 0.0692. The fourth-order valence-corrected chi connectivity index (χ4v) is 4.74. The van der Waals surface area contributed by atoms with E-state index in [-0.39, 0.29) is 17.5 Å². The quantitative estimate of drug-likeness (QED) is 0.416. The number of carbonyl (C=O) groups is 1. The number of methoxy groups -OCH3 is 2. The molecule has 0 atom stereocenters.